The van der Waals surface area contributed by atoms with E-state index in [1.54, 1.807) is 11.8 Å². The minimum absolute atomic E-state index is 0.229. The van der Waals surface area contributed by atoms with Crippen LogP contribution >= 0.6 is 11.8 Å². The van der Waals surface area contributed by atoms with E-state index in [0.717, 1.165) is 45.7 Å². The van der Waals surface area contributed by atoms with Crippen molar-refractivity contribution in [2.24, 2.45) is 5.92 Å². The summed E-state index contributed by atoms with van der Waals surface area (Å²) < 4.78 is 0. The molecule has 1 atom stereocenters. The molecule has 0 aliphatic carbocycles. The Balaban J connectivity index is 1.95. The number of benzene rings is 3. The van der Waals surface area contributed by atoms with Crippen molar-refractivity contribution >= 4 is 11.8 Å². The van der Waals surface area contributed by atoms with Gasteiger partial charge in [0.25, 0.3) is 0 Å². The number of phenolic OH excluding ortho intramolecular Hbond substituents is 1. The van der Waals surface area contributed by atoms with Crippen LogP contribution in [0.15, 0.2) is 77.7 Å². The molecular weight excluding hydrogens is 376 g/mol. The summed E-state index contributed by atoms with van der Waals surface area (Å²) in [6, 6.07) is 24.1. The number of hydrogen-bond donors (Lipinski definition) is 2. The zero-order valence-electron chi connectivity index (χ0n) is 17.4. The van der Waals surface area contributed by atoms with Crippen LogP contribution in [-0.2, 0) is 0 Å². The number of aromatic hydroxyl groups is 1. The van der Waals surface area contributed by atoms with E-state index >= 15 is 0 Å². The molecule has 0 spiro atoms. The first-order valence-electron chi connectivity index (χ1n) is 10.3. The molecule has 2 nitrogen and oxygen atoms in total. The first-order chi connectivity index (χ1) is 13.9. The SMILES string of the molecule is CCC(O)(CCSc1cc(-c2ccccc2)c(O)c(-c2ccccc2)c1)C(C)C. The Bertz CT molecular complexity index is 861. The highest BCUT2D eigenvalue weighted by Gasteiger charge is 2.28. The zero-order chi connectivity index (χ0) is 20.9. The summed E-state index contributed by atoms with van der Waals surface area (Å²) in [7, 11) is 0. The van der Waals surface area contributed by atoms with E-state index in [1.807, 2.05) is 67.6 Å². The third kappa shape index (κ3) is 5.04. The van der Waals surface area contributed by atoms with Gasteiger partial charge in [-0.1, -0.05) is 81.4 Å². The van der Waals surface area contributed by atoms with Crippen molar-refractivity contribution in [3.8, 4) is 28.0 Å². The molecule has 1 unspecified atom stereocenters. The van der Waals surface area contributed by atoms with Gasteiger partial charge in [-0.15, -0.1) is 11.8 Å². The van der Waals surface area contributed by atoms with E-state index in [4.69, 9.17) is 0 Å². The second kappa shape index (κ2) is 9.51. The third-order valence-electron chi connectivity index (χ3n) is 5.74. The molecule has 0 saturated carbocycles. The van der Waals surface area contributed by atoms with E-state index in [9.17, 15) is 10.2 Å². The predicted molar refractivity (Wildman–Crippen MR) is 124 cm³/mol. The molecule has 3 aromatic rings. The van der Waals surface area contributed by atoms with Gasteiger partial charge in [-0.05, 0) is 42.0 Å². The van der Waals surface area contributed by atoms with Gasteiger partial charge in [-0.2, -0.15) is 0 Å². The van der Waals surface area contributed by atoms with Gasteiger partial charge in [-0.3, -0.25) is 0 Å². The lowest BCUT2D eigenvalue weighted by atomic mass is 9.85. The summed E-state index contributed by atoms with van der Waals surface area (Å²) in [5, 5.41) is 21.9. The largest absolute Gasteiger partial charge is 0.507 e. The Morgan fingerprint density at radius 1 is 0.862 bits per heavy atom. The number of rotatable bonds is 8. The van der Waals surface area contributed by atoms with Gasteiger partial charge in [0.2, 0.25) is 0 Å². The first kappa shape index (κ1) is 21.5. The summed E-state index contributed by atoms with van der Waals surface area (Å²) >= 11 is 1.74. The van der Waals surface area contributed by atoms with Crippen molar-refractivity contribution < 1.29 is 10.2 Å². The summed E-state index contributed by atoms with van der Waals surface area (Å²) in [6.07, 6.45) is 1.50. The highest BCUT2D eigenvalue weighted by atomic mass is 32.2. The minimum Gasteiger partial charge on any atom is -0.507 e. The van der Waals surface area contributed by atoms with Gasteiger partial charge in [0.05, 0.1) is 5.60 Å². The Morgan fingerprint density at radius 3 is 1.76 bits per heavy atom. The van der Waals surface area contributed by atoms with E-state index in [1.165, 1.54) is 0 Å². The zero-order valence-corrected chi connectivity index (χ0v) is 18.2. The summed E-state index contributed by atoms with van der Waals surface area (Å²) in [6.45, 7) is 6.21. The fourth-order valence-corrected chi connectivity index (χ4v) is 4.68. The van der Waals surface area contributed by atoms with Gasteiger partial charge in [0.1, 0.15) is 5.75 Å². The van der Waals surface area contributed by atoms with Crippen molar-refractivity contribution in [2.75, 3.05) is 5.75 Å². The molecule has 0 radical (unpaired) electrons. The molecule has 3 heteroatoms. The Labute approximate surface area is 178 Å². The lowest BCUT2D eigenvalue weighted by Crippen LogP contribution is -2.34. The van der Waals surface area contributed by atoms with Crippen molar-refractivity contribution in [3.63, 3.8) is 0 Å². The molecule has 0 fully saturated rings. The molecule has 3 rings (SSSR count). The van der Waals surface area contributed by atoms with Crippen LogP contribution in [-0.4, -0.2) is 21.6 Å². The standard InChI is InChI=1S/C26H30O2S/c1-4-26(28,19(2)3)15-16-29-22-17-23(20-11-7-5-8-12-20)25(27)24(18-22)21-13-9-6-10-14-21/h5-14,17-19,27-28H,4,15-16H2,1-3H3. The highest BCUT2D eigenvalue weighted by Crippen LogP contribution is 2.42. The Morgan fingerprint density at radius 2 is 1.34 bits per heavy atom. The molecule has 0 aliphatic heterocycles. The highest BCUT2D eigenvalue weighted by molar-refractivity contribution is 7.99. The summed E-state index contributed by atoms with van der Waals surface area (Å²) in [5.74, 6) is 1.36. The average Bonchev–Trinajstić information content (AvgIpc) is 2.75. The molecule has 0 amide bonds. The number of phenols is 1. The van der Waals surface area contributed by atoms with Crippen LogP contribution in [0.25, 0.3) is 22.3 Å². The molecule has 0 saturated heterocycles. The average molecular weight is 407 g/mol. The van der Waals surface area contributed by atoms with Crippen LogP contribution in [0.5, 0.6) is 5.75 Å². The fraction of sp³-hybridized carbons (Fsp3) is 0.308. The minimum atomic E-state index is -0.631. The monoisotopic (exact) mass is 406 g/mol. The van der Waals surface area contributed by atoms with Gasteiger partial charge in [0, 0.05) is 21.8 Å². The van der Waals surface area contributed by atoms with Crippen molar-refractivity contribution in [3.05, 3.63) is 72.8 Å². The van der Waals surface area contributed by atoms with Crippen LogP contribution in [0, 0.1) is 5.92 Å². The normalized spacial score (nSPS) is 13.4. The third-order valence-corrected chi connectivity index (χ3v) is 6.72. The maximum atomic E-state index is 11.0. The van der Waals surface area contributed by atoms with Crippen LogP contribution in [0.4, 0.5) is 0 Å². The second-order valence-electron chi connectivity index (χ2n) is 7.81. The lowest BCUT2D eigenvalue weighted by molar-refractivity contribution is -0.0110. The predicted octanol–water partition coefficient (Wildman–Crippen LogP) is 7.01. The maximum Gasteiger partial charge on any atom is 0.131 e. The molecule has 0 heterocycles. The van der Waals surface area contributed by atoms with Crippen molar-refractivity contribution in [1.82, 2.24) is 0 Å². The molecule has 0 bridgehead atoms. The molecule has 29 heavy (non-hydrogen) atoms. The van der Waals surface area contributed by atoms with Crippen LogP contribution < -0.4 is 0 Å². The van der Waals surface area contributed by atoms with Crippen LogP contribution in [0.2, 0.25) is 0 Å². The topological polar surface area (TPSA) is 40.5 Å². The molecule has 152 valence electrons. The van der Waals surface area contributed by atoms with E-state index in [2.05, 4.69) is 26.0 Å². The molecule has 0 aliphatic rings. The smallest absolute Gasteiger partial charge is 0.131 e. The number of thioether (sulfide) groups is 1. The van der Waals surface area contributed by atoms with Gasteiger partial charge in [-0.25, -0.2) is 0 Å². The van der Waals surface area contributed by atoms with Crippen LogP contribution in [0.1, 0.15) is 33.6 Å². The molecule has 0 aromatic heterocycles. The Kier molecular flexibility index (Phi) is 7.05. The van der Waals surface area contributed by atoms with Crippen LogP contribution in [0.3, 0.4) is 0 Å². The van der Waals surface area contributed by atoms with Crippen molar-refractivity contribution in [2.45, 2.75) is 44.1 Å². The lowest BCUT2D eigenvalue weighted by Gasteiger charge is -2.31. The first-order valence-corrected chi connectivity index (χ1v) is 11.3. The van der Waals surface area contributed by atoms with E-state index in [-0.39, 0.29) is 5.92 Å². The Hall–Kier alpha value is -2.23. The fourth-order valence-electron chi connectivity index (χ4n) is 3.59. The quantitative estimate of drug-likeness (QED) is 0.395. The number of hydrogen-bond acceptors (Lipinski definition) is 3. The van der Waals surface area contributed by atoms with Gasteiger partial charge >= 0.3 is 0 Å². The summed E-state index contributed by atoms with van der Waals surface area (Å²) in [4.78, 5) is 1.10. The van der Waals surface area contributed by atoms with Gasteiger partial charge in [0.15, 0.2) is 0 Å². The molecule has 3 aromatic carbocycles. The number of aliphatic hydroxyl groups is 1. The van der Waals surface area contributed by atoms with Gasteiger partial charge < -0.3 is 10.2 Å². The van der Waals surface area contributed by atoms with E-state index in [0.29, 0.717) is 5.75 Å². The summed E-state index contributed by atoms with van der Waals surface area (Å²) in [5.41, 5.74) is 3.04. The maximum absolute atomic E-state index is 11.0. The molecular formula is C26H30O2S. The van der Waals surface area contributed by atoms with Crippen molar-refractivity contribution in [1.29, 1.82) is 0 Å². The second-order valence-corrected chi connectivity index (χ2v) is 8.98. The van der Waals surface area contributed by atoms with E-state index < -0.39 is 5.60 Å². The molecule has 2 N–H and O–H groups in total.